The maximum atomic E-state index is 11.3. The van der Waals surface area contributed by atoms with E-state index < -0.39 is 49.5 Å². The van der Waals surface area contributed by atoms with E-state index in [2.05, 4.69) is 0 Å². The first-order valence-electron chi connectivity index (χ1n) is 9.33. The molecular formula is C19H32O8. The summed E-state index contributed by atoms with van der Waals surface area (Å²) >= 11 is 0. The number of hydrogen-bond donors (Lipinski definition) is 5. The van der Waals surface area contributed by atoms with Crippen LogP contribution in [0.4, 0.5) is 0 Å². The van der Waals surface area contributed by atoms with Crippen LogP contribution in [0.3, 0.4) is 0 Å². The van der Waals surface area contributed by atoms with Gasteiger partial charge in [0.05, 0.1) is 12.7 Å². The van der Waals surface area contributed by atoms with Crippen LogP contribution in [-0.4, -0.2) is 80.8 Å². The minimum absolute atomic E-state index is 0.0836. The molecule has 1 aliphatic carbocycles. The number of aliphatic hydroxyl groups is 5. The Morgan fingerprint density at radius 1 is 1.19 bits per heavy atom. The summed E-state index contributed by atoms with van der Waals surface area (Å²) in [6.45, 7) is 6.79. The Bertz CT molecular complexity index is 570. The summed E-state index contributed by atoms with van der Waals surface area (Å²) in [6.07, 6.45) is -7.12. The molecule has 2 aliphatic rings. The maximum Gasteiger partial charge on any atom is 0.187 e. The molecule has 7 unspecified atom stereocenters. The third-order valence-corrected chi connectivity index (χ3v) is 5.68. The van der Waals surface area contributed by atoms with Crippen LogP contribution in [0.25, 0.3) is 0 Å². The molecule has 1 aliphatic heterocycles. The molecule has 0 amide bonds. The van der Waals surface area contributed by atoms with Gasteiger partial charge in [-0.3, -0.25) is 0 Å². The monoisotopic (exact) mass is 388 g/mol. The van der Waals surface area contributed by atoms with Crippen molar-refractivity contribution in [1.29, 1.82) is 0 Å². The Balaban J connectivity index is 2.17. The van der Waals surface area contributed by atoms with Gasteiger partial charge in [0.1, 0.15) is 36.3 Å². The van der Waals surface area contributed by atoms with Gasteiger partial charge >= 0.3 is 0 Å². The van der Waals surface area contributed by atoms with Gasteiger partial charge in [-0.2, -0.15) is 0 Å². The van der Waals surface area contributed by atoms with Crippen LogP contribution in [0.5, 0.6) is 0 Å². The number of carbonyl (C=O) groups is 1. The molecule has 0 radical (unpaired) electrons. The third-order valence-electron chi connectivity index (χ3n) is 5.68. The average Bonchev–Trinajstić information content (AvgIpc) is 2.59. The lowest BCUT2D eigenvalue weighted by molar-refractivity contribution is -0.318. The summed E-state index contributed by atoms with van der Waals surface area (Å²) in [6, 6.07) is 0. The second-order valence-corrected chi connectivity index (χ2v) is 8.27. The first-order chi connectivity index (χ1) is 12.5. The van der Waals surface area contributed by atoms with Gasteiger partial charge in [0, 0.05) is 6.42 Å². The van der Waals surface area contributed by atoms with Gasteiger partial charge in [0.15, 0.2) is 6.29 Å². The molecule has 0 aromatic rings. The number of ketones is 1. The molecule has 0 aromatic heterocycles. The minimum atomic E-state index is -1.53. The molecule has 0 aromatic carbocycles. The number of ether oxygens (including phenoxy) is 2. The van der Waals surface area contributed by atoms with Gasteiger partial charge in [-0.15, -0.1) is 0 Å². The van der Waals surface area contributed by atoms with Crippen molar-refractivity contribution in [3.8, 4) is 0 Å². The van der Waals surface area contributed by atoms with E-state index in [-0.39, 0.29) is 11.2 Å². The maximum absolute atomic E-state index is 11.3. The molecule has 0 saturated carbocycles. The van der Waals surface area contributed by atoms with E-state index in [4.69, 9.17) is 9.47 Å². The summed E-state index contributed by atoms with van der Waals surface area (Å²) in [5, 5.41) is 49.9. The predicted octanol–water partition coefficient (Wildman–Crippen LogP) is -0.352. The van der Waals surface area contributed by atoms with Gasteiger partial charge in [0.2, 0.25) is 0 Å². The fourth-order valence-corrected chi connectivity index (χ4v) is 4.04. The zero-order valence-electron chi connectivity index (χ0n) is 16.3. The van der Waals surface area contributed by atoms with Crippen molar-refractivity contribution in [2.75, 3.05) is 6.61 Å². The van der Waals surface area contributed by atoms with Crippen molar-refractivity contribution in [2.24, 2.45) is 5.41 Å². The first kappa shape index (κ1) is 22.4. The molecule has 1 fully saturated rings. The van der Waals surface area contributed by atoms with E-state index in [0.29, 0.717) is 19.3 Å². The SMILES string of the molecule is CC(=O)CCC1=C(C)C(O)C(OC2OC(CO)C(O)C(O)C2O)CC1(C)C. The second-order valence-electron chi connectivity index (χ2n) is 8.27. The van der Waals surface area contributed by atoms with E-state index in [9.17, 15) is 30.3 Å². The highest BCUT2D eigenvalue weighted by atomic mass is 16.7. The Kier molecular flexibility index (Phi) is 7.18. The van der Waals surface area contributed by atoms with E-state index in [0.717, 1.165) is 11.1 Å². The van der Waals surface area contributed by atoms with Crippen LogP contribution in [0.2, 0.25) is 0 Å². The van der Waals surface area contributed by atoms with Crippen LogP contribution in [-0.2, 0) is 14.3 Å². The minimum Gasteiger partial charge on any atom is -0.394 e. The van der Waals surface area contributed by atoms with Crippen molar-refractivity contribution >= 4 is 5.78 Å². The van der Waals surface area contributed by atoms with E-state index in [1.54, 1.807) is 6.92 Å². The number of Topliss-reactive ketones (excluding diaryl/α,β-unsaturated/α-hetero) is 1. The van der Waals surface area contributed by atoms with Crippen LogP contribution >= 0.6 is 0 Å². The number of hydrogen-bond acceptors (Lipinski definition) is 8. The second kappa shape index (κ2) is 8.65. The van der Waals surface area contributed by atoms with Gasteiger partial charge in [-0.1, -0.05) is 19.4 Å². The lowest BCUT2D eigenvalue weighted by atomic mass is 9.69. The van der Waals surface area contributed by atoms with Crippen LogP contribution in [0.1, 0.15) is 47.0 Å². The predicted molar refractivity (Wildman–Crippen MR) is 95.7 cm³/mol. The van der Waals surface area contributed by atoms with Crippen molar-refractivity contribution in [1.82, 2.24) is 0 Å². The highest BCUT2D eigenvalue weighted by Gasteiger charge is 2.47. The molecule has 0 spiro atoms. The Morgan fingerprint density at radius 3 is 2.37 bits per heavy atom. The number of aliphatic hydroxyl groups excluding tert-OH is 5. The zero-order chi connectivity index (χ0) is 20.5. The summed E-state index contributed by atoms with van der Waals surface area (Å²) in [4.78, 5) is 11.3. The Labute approximate surface area is 159 Å². The lowest BCUT2D eigenvalue weighted by Gasteiger charge is -2.45. The molecule has 1 saturated heterocycles. The van der Waals surface area contributed by atoms with Crippen molar-refractivity contribution in [3.05, 3.63) is 11.1 Å². The Morgan fingerprint density at radius 2 is 1.81 bits per heavy atom. The molecule has 0 bridgehead atoms. The molecule has 7 atom stereocenters. The molecular weight excluding hydrogens is 356 g/mol. The summed E-state index contributed by atoms with van der Waals surface area (Å²) in [5.41, 5.74) is 1.40. The quantitative estimate of drug-likeness (QED) is 0.390. The fourth-order valence-electron chi connectivity index (χ4n) is 4.04. The van der Waals surface area contributed by atoms with Gasteiger partial charge < -0.3 is 39.8 Å². The van der Waals surface area contributed by atoms with Crippen LogP contribution in [0.15, 0.2) is 11.1 Å². The highest BCUT2D eigenvalue weighted by molar-refractivity contribution is 5.75. The molecule has 1 heterocycles. The zero-order valence-corrected chi connectivity index (χ0v) is 16.3. The van der Waals surface area contributed by atoms with Crippen molar-refractivity contribution < 1.29 is 39.8 Å². The topological polar surface area (TPSA) is 137 Å². The van der Waals surface area contributed by atoms with Crippen LogP contribution in [0, 0.1) is 5.41 Å². The summed E-state index contributed by atoms with van der Waals surface area (Å²) < 4.78 is 11.2. The van der Waals surface area contributed by atoms with Gasteiger partial charge in [0.25, 0.3) is 0 Å². The van der Waals surface area contributed by atoms with E-state index in [1.165, 1.54) is 6.92 Å². The largest absolute Gasteiger partial charge is 0.394 e. The smallest absolute Gasteiger partial charge is 0.187 e. The summed E-state index contributed by atoms with van der Waals surface area (Å²) in [5.74, 6) is 0.0836. The van der Waals surface area contributed by atoms with Gasteiger partial charge in [-0.25, -0.2) is 0 Å². The van der Waals surface area contributed by atoms with Crippen molar-refractivity contribution in [3.63, 3.8) is 0 Å². The molecule has 8 nitrogen and oxygen atoms in total. The number of rotatable bonds is 6. The average molecular weight is 388 g/mol. The lowest BCUT2D eigenvalue weighted by Crippen LogP contribution is -2.60. The van der Waals surface area contributed by atoms with E-state index in [1.807, 2.05) is 13.8 Å². The molecule has 5 N–H and O–H groups in total. The van der Waals surface area contributed by atoms with E-state index >= 15 is 0 Å². The Hall–Kier alpha value is -0.870. The first-order valence-corrected chi connectivity index (χ1v) is 9.33. The van der Waals surface area contributed by atoms with Crippen LogP contribution < -0.4 is 0 Å². The molecule has 27 heavy (non-hydrogen) atoms. The van der Waals surface area contributed by atoms with Gasteiger partial charge in [-0.05, 0) is 37.7 Å². The highest BCUT2D eigenvalue weighted by Crippen LogP contribution is 2.44. The molecule has 2 rings (SSSR count). The molecule has 156 valence electrons. The summed E-state index contributed by atoms with van der Waals surface area (Å²) in [7, 11) is 0. The fraction of sp³-hybridized carbons (Fsp3) is 0.842. The molecule has 8 heteroatoms. The number of allylic oxidation sites excluding steroid dienone is 1. The number of carbonyl (C=O) groups excluding carboxylic acids is 1. The normalized spacial score (nSPS) is 39.5. The standard InChI is InChI=1S/C19H32O8/c1-9(21)5-6-11-10(2)14(22)12(7-19(11,3)4)26-18-17(25)16(24)15(23)13(8-20)27-18/h12-18,20,22-25H,5-8H2,1-4H3. The van der Waals surface area contributed by atoms with Crippen molar-refractivity contribution in [2.45, 2.75) is 89.9 Å². The third kappa shape index (κ3) is 4.76.